The molecule has 1 aromatic carbocycles. The van der Waals surface area contributed by atoms with Gasteiger partial charge >= 0.3 is 68.8 Å². The number of hydrogen-bond acceptors (Lipinski definition) is 3. The second-order valence-corrected chi connectivity index (χ2v) is 3.96. The maximum atomic E-state index is 9.03. The number of rotatable bonds is 1. The van der Waals surface area contributed by atoms with Crippen molar-refractivity contribution in [3.05, 3.63) is 18.2 Å². The Morgan fingerprint density at radius 2 is 1.90 bits per heavy atom. The molecule has 0 amide bonds. The summed E-state index contributed by atoms with van der Waals surface area (Å²) in [7, 11) is 0. The average Bonchev–Trinajstić information content (AvgIpc) is 1.95. The van der Waals surface area contributed by atoms with Gasteiger partial charge in [0.05, 0.1) is 0 Å². The van der Waals surface area contributed by atoms with Crippen LogP contribution in [0.4, 0.5) is 0 Å². The molecule has 3 N–H and O–H groups in total. The van der Waals surface area contributed by atoms with Gasteiger partial charge in [0.1, 0.15) is 0 Å². The molecule has 0 unspecified atom stereocenters. The normalized spacial score (nSPS) is 9.70. The molecule has 1 aromatic rings. The Hall–Kier alpha value is -0.402. The number of benzene rings is 1. The van der Waals surface area contributed by atoms with E-state index in [1.54, 1.807) is 12.1 Å². The van der Waals surface area contributed by atoms with Gasteiger partial charge in [-0.25, -0.2) is 0 Å². The number of phenolic OH excluding ortho intramolecular Hbond substituents is 2. The van der Waals surface area contributed by atoms with Gasteiger partial charge in [-0.15, -0.1) is 0 Å². The molecule has 0 fully saturated rings. The van der Waals surface area contributed by atoms with Gasteiger partial charge in [0.15, 0.2) is 0 Å². The Morgan fingerprint density at radius 1 is 1.20 bits per heavy atom. The summed E-state index contributed by atoms with van der Waals surface area (Å²) < 4.78 is 9.25. The van der Waals surface area contributed by atoms with Crippen LogP contribution in [0.3, 0.4) is 0 Å². The molecule has 54 valence electrons. The van der Waals surface area contributed by atoms with Gasteiger partial charge in [-0.05, 0) is 0 Å². The zero-order valence-electron chi connectivity index (χ0n) is 5.07. The third-order valence-electron chi connectivity index (χ3n) is 1.14. The first-order valence-corrected chi connectivity index (χ1v) is 5.37. The molecule has 0 aliphatic carbocycles. The molecule has 0 atom stereocenters. The van der Waals surface area contributed by atoms with Gasteiger partial charge in [-0.1, -0.05) is 0 Å². The Kier molecular flexibility index (Phi) is 2.41. The van der Waals surface area contributed by atoms with Crippen molar-refractivity contribution in [3.63, 3.8) is 0 Å². The van der Waals surface area contributed by atoms with Crippen molar-refractivity contribution in [2.45, 2.75) is 0 Å². The summed E-state index contributed by atoms with van der Waals surface area (Å²) >= 11 is -1.62. The van der Waals surface area contributed by atoms with E-state index in [4.69, 9.17) is 13.6 Å². The summed E-state index contributed by atoms with van der Waals surface area (Å²) in [4.78, 5) is 0. The Morgan fingerprint density at radius 3 is 2.40 bits per heavy atom. The van der Waals surface area contributed by atoms with Crippen LogP contribution in [-0.4, -0.2) is 35.6 Å². The third kappa shape index (κ3) is 1.36. The van der Waals surface area contributed by atoms with Crippen LogP contribution in [0.15, 0.2) is 18.2 Å². The molecular weight excluding hydrogens is 242 g/mol. The van der Waals surface area contributed by atoms with Gasteiger partial charge in [0.2, 0.25) is 0 Å². The van der Waals surface area contributed by atoms with E-state index in [-0.39, 0.29) is 11.5 Å². The average molecular weight is 249 g/mol. The van der Waals surface area contributed by atoms with Gasteiger partial charge in [-0.2, -0.15) is 0 Å². The van der Waals surface area contributed by atoms with Crippen LogP contribution in [-0.2, 0) is 0 Å². The summed E-state index contributed by atoms with van der Waals surface area (Å²) in [5.74, 6) is -0.330. The minimum atomic E-state index is -1.62. The van der Waals surface area contributed by atoms with Crippen LogP contribution < -0.4 is 3.51 Å². The molecule has 4 heteroatoms. The van der Waals surface area contributed by atoms with Crippen LogP contribution in [0.5, 0.6) is 11.5 Å². The quantitative estimate of drug-likeness (QED) is 0.445. The summed E-state index contributed by atoms with van der Waals surface area (Å²) in [6.07, 6.45) is 0. The Balaban J connectivity index is 3.14. The minimum absolute atomic E-state index is 0.160. The topological polar surface area (TPSA) is 60.7 Å². The molecular formula is C6H7O3Sb. The zero-order chi connectivity index (χ0) is 7.56. The van der Waals surface area contributed by atoms with Crippen molar-refractivity contribution in [2.75, 3.05) is 0 Å². The van der Waals surface area contributed by atoms with E-state index in [1.165, 1.54) is 6.07 Å². The fraction of sp³-hybridized carbons (Fsp3) is 0. The van der Waals surface area contributed by atoms with E-state index in [0.29, 0.717) is 3.51 Å². The van der Waals surface area contributed by atoms with E-state index in [0.717, 1.165) is 0 Å². The van der Waals surface area contributed by atoms with Crippen LogP contribution in [0.1, 0.15) is 0 Å². The second kappa shape index (κ2) is 3.13. The molecule has 0 spiro atoms. The van der Waals surface area contributed by atoms with Crippen molar-refractivity contribution < 1.29 is 13.6 Å². The van der Waals surface area contributed by atoms with Gasteiger partial charge < -0.3 is 0 Å². The van der Waals surface area contributed by atoms with Crippen LogP contribution in [0.25, 0.3) is 0 Å². The van der Waals surface area contributed by atoms with Crippen molar-refractivity contribution >= 4 is 25.5 Å². The molecule has 0 aliphatic rings. The number of hydrogen-bond donors (Lipinski definition) is 3. The SMILES string of the molecule is [OH][SbH][c]1cccc(O)c1O. The fourth-order valence-corrected chi connectivity index (χ4v) is 1.78. The second-order valence-electron chi connectivity index (χ2n) is 1.79. The van der Waals surface area contributed by atoms with Gasteiger partial charge in [-0.3, -0.25) is 0 Å². The fourth-order valence-electron chi connectivity index (χ4n) is 0.622. The molecule has 0 saturated carbocycles. The number of phenols is 2. The molecule has 0 heterocycles. The van der Waals surface area contributed by atoms with E-state index in [2.05, 4.69) is 0 Å². The molecule has 0 radical (unpaired) electrons. The third-order valence-corrected chi connectivity index (χ3v) is 2.97. The monoisotopic (exact) mass is 248 g/mol. The van der Waals surface area contributed by atoms with Crippen molar-refractivity contribution in [1.29, 1.82) is 0 Å². The van der Waals surface area contributed by atoms with Crippen molar-refractivity contribution in [2.24, 2.45) is 0 Å². The Bertz CT molecular complexity index is 236. The van der Waals surface area contributed by atoms with E-state index in [9.17, 15) is 0 Å². The predicted octanol–water partition coefficient (Wildman–Crippen LogP) is -0.933. The first-order valence-electron chi connectivity index (χ1n) is 2.66. The standard InChI is InChI=1S/C6H5O2.H2O.Sb.H/c7-5-3-1-2-4-6(5)8;;;/h1-3,7-8H;1H2;;/q;;+1;/p-1. The molecule has 0 aliphatic heterocycles. The van der Waals surface area contributed by atoms with Crippen molar-refractivity contribution in [3.8, 4) is 11.5 Å². The van der Waals surface area contributed by atoms with E-state index in [1.807, 2.05) is 0 Å². The van der Waals surface area contributed by atoms with Crippen LogP contribution in [0, 0.1) is 0 Å². The predicted molar refractivity (Wildman–Crippen MR) is 38.8 cm³/mol. The molecule has 3 nitrogen and oxygen atoms in total. The van der Waals surface area contributed by atoms with E-state index >= 15 is 0 Å². The summed E-state index contributed by atoms with van der Waals surface area (Å²) in [6.45, 7) is 0. The van der Waals surface area contributed by atoms with Crippen molar-refractivity contribution in [1.82, 2.24) is 0 Å². The first-order chi connectivity index (χ1) is 4.75. The maximum absolute atomic E-state index is 9.03. The first kappa shape index (κ1) is 7.70. The molecule has 0 saturated heterocycles. The summed E-state index contributed by atoms with van der Waals surface area (Å²) in [5.41, 5.74) is 0. The van der Waals surface area contributed by atoms with Crippen LogP contribution in [0.2, 0.25) is 0 Å². The summed E-state index contributed by atoms with van der Waals surface area (Å²) in [6, 6.07) is 4.59. The summed E-state index contributed by atoms with van der Waals surface area (Å²) in [5, 5.41) is 17.9. The number of aromatic hydroxyl groups is 2. The molecule has 0 bridgehead atoms. The van der Waals surface area contributed by atoms with Gasteiger partial charge in [0, 0.05) is 0 Å². The Labute approximate surface area is 69.0 Å². The van der Waals surface area contributed by atoms with Gasteiger partial charge in [0.25, 0.3) is 0 Å². The van der Waals surface area contributed by atoms with Crippen LogP contribution >= 0.6 is 0 Å². The molecule has 0 aromatic heterocycles. The zero-order valence-corrected chi connectivity index (χ0v) is 7.93. The molecule has 1 rings (SSSR count). The molecule has 10 heavy (non-hydrogen) atoms. The van der Waals surface area contributed by atoms with E-state index < -0.39 is 22.0 Å². The number of para-hydroxylation sites is 1.